The van der Waals surface area contributed by atoms with Gasteiger partial charge < -0.3 is 0 Å². The Morgan fingerprint density at radius 2 is 1.59 bits per heavy atom. The number of alkyl halides is 3. The lowest BCUT2D eigenvalue weighted by Gasteiger charge is -2.25. The molecule has 0 spiro atoms. The van der Waals surface area contributed by atoms with E-state index in [9.17, 15) is 18.0 Å². The zero-order chi connectivity index (χ0) is 15.7. The highest BCUT2D eigenvalue weighted by Gasteiger charge is 2.36. The van der Waals surface area contributed by atoms with Gasteiger partial charge in [0.15, 0.2) is 0 Å². The van der Waals surface area contributed by atoms with Gasteiger partial charge in [-0.3, -0.25) is 14.7 Å². The van der Waals surface area contributed by atoms with E-state index in [1.165, 1.54) is 24.4 Å². The van der Waals surface area contributed by atoms with Crippen LogP contribution in [0.15, 0.2) is 53.5 Å². The fraction of sp³-hybridized carbons (Fsp3) is 0.125. The first kappa shape index (κ1) is 14.3. The molecular formula is C16H11F3N2O. The van der Waals surface area contributed by atoms with Crippen LogP contribution >= 0.6 is 0 Å². The second-order valence-corrected chi connectivity index (χ2v) is 4.77. The maximum atomic E-state index is 13.2. The van der Waals surface area contributed by atoms with Gasteiger partial charge in [-0.1, -0.05) is 30.3 Å². The zero-order valence-electron chi connectivity index (χ0n) is 11.3. The van der Waals surface area contributed by atoms with Crippen molar-refractivity contribution in [1.29, 1.82) is 0 Å². The van der Waals surface area contributed by atoms with Crippen LogP contribution in [0.5, 0.6) is 0 Å². The number of hydrogen-bond acceptors (Lipinski definition) is 2. The largest absolute Gasteiger partial charge is 0.418 e. The molecule has 0 unspecified atom stereocenters. The quantitative estimate of drug-likeness (QED) is 0.788. The van der Waals surface area contributed by atoms with Crippen molar-refractivity contribution in [2.45, 2.75) is 6.18 Å². The molecule has 1 aliphatic heterocycles. The van der Waals surface area contributed by atoms with E-state index < -0.39 is 17.6 Å². The van der Waals surface area contributed by atoms with E-state index >= 15 is 0 Å². The lowest BCUT2D eigenvalue weighted by Crippen LogP contribution is -2.29. The molecule has 0 saturated heterocycles. The molecule has 6 heteroatoms. The van der Waals surface area contributed by atoms with Crippen LogP contribution in [0.3, 0.4) is 0 Å². The van der Waals surface area contributed by atoms with Crippen molar-refractivity contribution in [3.63, 3.8) is 0 Å². The summed E-state index contributed by atoms with van der Waals surface area (Å²) in [5.74, 6) is -0.502. The Labute approximate surface area is 124 Å². The van der Waals surface area contributed by atoms with Crippen LogP contribution in [0.25, 0.3) is 0 Å². The van der Waals surface area contributed by atoms with Crippen molar-refractivity contribution >= 4 is 23.5 Å². The molecule has 0 bridgehead atoms. The van der Waals surface area contributed by atoms with E-state index in [4.69, 9.17) is 0 Å². The lowest BCUT2D eigenvalue weighted by molar-refractivity contribution is -0.137. The van der Waals surface area contributed by atoms with Crippen molar-refractivity contribution in [3.8, 4) is 0 Å². The standard InChI is InChI=1S/C16H11F3N2O/c17-16(18,19)12-6-2-4-8-14(12)21-13-7-3-1-5-11(13)9-20-10-15(21)22/h1-9H,10H2. The molecule has 3 rings (SSSR count). The van der Waals surface area contributed by atoms with E-state index in [0.29, 0.717) is 11.3 Å². The Hall–Kier alpha value is -2.63. The summed E-state index contributed by atoms with van der Waals surface area (Å²) in [6.07, 6.45) is -3.04. The van der Waals surface area contributed by atoms with E-state index in [0.717, 1.165) is 11.0 Å². The number of nitrogens with zero attached hydrogens (tertiary/aromatic N) is 2. The molecule has 2 aromatic rings. The van der Waals surface area contributed by atoms with Gasteiger partial charge in [0.2, 0.25) is 0 Å². The number of para-hydroxylation sites is 2. The number of rotatable bonds is 1. The van der Waals surface area contributed by atoms with Crippen molar-refractivity contribution in [1.82, 2.24) is 0 Å². The molecule has 0 aromatic heterocycles. The molecule has 2 aromatic carbocycles. The van der Waals surface area contributed by atoms with Gasteiger partial charge in [0.1, 0.15) is 6.54 Å². The normalized spacial score (nSPS) is 14.7. The minimum absolute atomic E-state index is 0.182. The van der Waals surface area contributed by atoms with Crippen LogP contribution in [0.1, 0.15) is 11.1 Å². The van der Waals surface area contributed by atoms with Crippen LogP contribution in [-0.2, 0) is 11.0 Å². The summed E-state index contributed by atoms with van der Waals surface area (Å²) in [6.45, 7) is -0.194. The van der Waals surface area contributed by atoms with Crippen LogP contribution < -0.4 is 4.90 Å². The molecule has 0 N–H and O–H groups in total. The third kappa shape index (κ3) is 2.47. The third-order valence-electron chi connectivity index (χ3n) is 3.33. The number of halogens is 3. The van der Waals surface area contributed by atoms with E-state index in [-0.39, 0.29) is 12.2 Å². The molecule has 22 heavy (non-hydrogen) atoms. The summed E-state index contributed by atoms with van der Waals surface area (Å²) >= 11 is 0. The number of aliphatic imine (C=N–C) groups is 1. The first-order valence-corrected chi connectivity index (χ1v) is 6.56. The predicted octanol–water partition coefficient (Wildman–Crippen LogP) is 3.80. The number of carbonyl (C=O) groups is 1. The van der Waals surface area contributed by atoms with Crippen LogP contribution in [0.2, 0.25) is 0 Å². The summed E-state index contributed by atoms with van der Waals surface area (Å²) in [5, 5.41) is 0. The van der Waals surface area contributed by atoms with Gasteiger partial charge in [0.05, 0.1) is 16.9 Å². The topological polar surface area (TPSA) is 32.7 Å². The molecule has 0 atom stereocenters. The number of benzodiazepines with no additional fused rings is 1. The molecule has 1 heterocycles. The number of fused-ring (bicyclic) bond motifs is 1. The maximum absolute atomic E-state index is 13.2. The Morgan fingerprint density at radius 3 is 2.32 bits per heavy atom. The highest BCUT2D eigenvalue weighted by Crippen LogP contribution is 2.40. The van der Waals surface area contributed by atoms with Crippen LogP contribution in [-0.4, -0.2) is 18.7 Å². The molecule has 0 radical (unpaired) electrons. The molecule has 112 valence electrons. The number of carbonyl (C=O) groups excluding carboxylic acids is 1. The fourth-order valence-corrected chi connectivity index (χ4v) is 2.40. The Balaban J connectivity index is 2.22. The van der Waals surface area contributed by atoms with Gasteiger partial charge in [-0.2, -0.15) is 13.2 Å². The SMILES string of the molecule is O=C1CN=Cc2ccccc2N1c1ccccc1C(F)(F)F. The zero-order valence-corrected chi connectivity index (χ0v) is 11.3. The Kier molecular flexibility index (Phi) is 3.44. The maximum Gasteiger partial charge on any atom is 0.418 e. The number of hydrogen-bond donors (Lipinski definition) is 0. The van der Waals surface area contributed by atoms with E-state index in [1.54, 1.807) is 24.3 Å². The fourth-order valence-electron chi connectivity index (χ4n) is 2.40. The second-order valence-electron chi connectivity index (χ2n) is 4.77. The van der Waals surface area contributed by atoms with Gasteiger partial charge in [-0.15, -0.1) is 0 Å². The minimum atomic E-state index is -4.54. The molecule has 0 saturated carbocycles. The number of amides is 1. The molecule has 3 nitrogen and oxygen atoms in total. The van der Waals surface area contributed by atoms with Gasteiger partial charge in [-0.05, 0) is 18.2 Å². The first-order chi connectivity index (χ1) is 10.5. The molecule has 1 amide bonds. The van der Waals surface area contributed by atoms with Crippen LogP contribution in [0.4, 0.5) is 24.5 Å². The van der Waals surface area contributed by atoms with Crippen LogP contribution in [0, 0.1) is 0 Å². The molecule has 1 aliphatic rings. The number of anilines is 2. The minimum Gasteiger partial charge on any atom is -0.283 e. The number of benzene rings is 2. The third-order valence-corrected chi connectivity index (χ3v) is 3.33. The summed E-state index contributed by atoms with van der Waals surface area (Å²) in [6, 6.07) is 11.8. The average molecular weight is 304 g/mol. The molecule has 0 fully saturated rings. The van der Waals surface area contributed by atoms with Gasteiger partial charge in [-0.25, -0.2) is 0 Å². The van der Waals surface area contributed by atoms with Crippen molar-refractivity contribution in [2.75, 3.05) is 11.4 Å². The van der Waals surface area contributed by atoms with Crippen molar-refractivity contribution in [2.24, 2.45) is 4.99 Å². The molecule has 0 aliphatic carbocycles. The monoisotopic (exact) mass is 304 g/mol. The summed E-state index contributed by atoms with van der Waals surface area (Å²) in [5.41, 5.74) is -0.0335. The summed E-state index contributed by atoms with van der Waals surface area (Å²) < 4.78 is 39.7. The summed E-state index contributed by atoms with van der Waals surface area (Å²) in [7, 11) is 0. The highest BCUT2D eigenvalue weighted by molar-refractivity contribution is 6.08. The van der Waals surface area contributed by atoms with Crippen molar-refractivity contribution < 1.29 is 18.0 Å². The Morgan fingerprint density at radius 1 is 0.955 bits per heavy atom. The predicted molar refractivity (Wildman–Crippen MR) is 77.5 cm³/mol. The Bertz CT molecular complexity index is 753. The van der Waals surface area contributed by atoms with E-state index in [1.807, 2.05) is 0 Å². The lowest BCUT2D eigenvalue weighted by atomic mass is 10.1. The van der Waals surface area contributed by atoms with Gasteiger partial charge >= 0.3 is 6.18 Å². The van der Waals surface area contributed by atoms with Crippen molar-refractivity contribution in [3.05, 3.63) is 59.7 Å². The molecular weight excluding hydrogens is 293 g/mol. The van der Waals surface area contributed by atoms with Gasteiger partial charge in [0.25, 0.3) is 5.91 Å². The second kappa shape index (κ2) is 5.29. The van der Waals surface area contributed by atoms with Gasteiger partial charge in [0, 0.05) is 11.8 Å². The first-order valence-electron chi connectivity index (χ1n) is 6.56. The highest BCUT2D eigenvalue weighted by atomic mass is 19.4. The smallest absolute Gasteiger partial charge is 0.283 e. The average Bonchev–Trinajstić information content (AvgIpc) is 2.64. The van der Waals surface area contributed by atoms with E-state index in [2.05, 4.69) is 4.99 Å². The summed E-state index contributed by atoms with van der Waals surface area (Å²) in [4.78, 5) is 17.4.